The Morgan fingerprint density at radius 3 is 2.81 bits per heavy atom. The van der Waals surface area contributed by atoms with Crippen molar-refractivity contribution in [1.82, 2.24) is 9.88 Å². The molecule has 4 heteroatoms. The second-order valence-electron chi connectivity index (χ2n) is 6.52. The minimum Gasteiger partial charge on any atom is -0.392 e. The Morgan fingerprint density at radius 1 is 1.24 bits per heavy atom. The highest BCUT2D eigenvalue weighted by Gasteiger charge is 2.35. The lowest BCUT2D eigenvalue weighted by Gasteiger charge is -2.27. The summed E-state index contributed by atoms with van der Waals surface area (Å²) in [6.45, 7) is 4.43. The molecule has 0 aliphatic carbocycles. The third-order valence-electron chi connectivity index (χ3n) is 5.09. The highest BCUT2D eigenvalue weighted by atomic mass is 16.3. The molecule has 2 fully saturated rings. The molecule has 0 spiro atoms. The van der Waals surface area contributed by atoms with Crippen molar-refractivity contribution in [3.05, 3.63) is 23.4 Å². The summed E-state index contributed by atoms with van der Waals surface area (Å²) in [4.78, 5) is 9.83. The van der Waals surface area contributed by atoms with Gasteiger partial charge in [-0.3, -0.25) is 4.90 Å². The van der Waals surface area contributed by atoms with Crippen molar-refractivity contribution in [2.75, 3.05) is 25.0 Å². The van der Waals surface area contributed by atoms with E-state index in [2.05, 4.69) is 29.8 Å². The SMILES string of the molecule is CCCc1cc(CO)cc(N2CCC3CCC(C2)N3C)n1. The molecule has 1 aromatic heterocycles. The van der Waals surface area contributed by atoms with Crippen LogP contribution in [0.3, 0.4) is 0 Å². The van der Waals surface area contributed by atoms with E-state index >= 15 is 0 Å². The van der Waals surface area contributed by atoms with Gasteiger partial charge in [-0.2, -0.15) is 0 Å². The molecule has 4 nitrogen and oxygen atoms in total. The van der Waals surface area contributed by atoms with Crippen LogP contribution in [0.1, 0.15) is 43.9 Å². The van der Waals surface area contributed by atoms with E-state index in [0.29, 0.717) is 6.04 Å². The Morgan fingerprint density at radius 2 is 2.05 bits per heavy atom. The number of fused-ring (bicyclic) bond motifs is 2. The zero-order chi connectivity index (χ0) is 14.8. The summed E-state index contributed by atoms with van der Waals surface area (Å²) in [6, 6.07) is 5.52. The molecule has 2 aliphatic heterocycles. The van der Waals surface area contributed by atoms with E-state index in [9.17, 15) is 5.11 Å². The van der Waals surface area contributed by atoms with Gasteiger partial charge in [-0.25, -0.2) is 4.98 Å². The number of hydrogen-bond donors (Lipinski definition) is 1. The van der Waals surface area contributed by atoms with E-state index in [0.717, 1.165) is 49.0 Å². The maximum Gasteiger partial charge on any atom is 0.129 e. The van der Waals surface area contributed by atoms with Gasteiger partial charge in [0.15, 0.2) is 0 Å². The summed E-state index contributed by atoms with van der Waals surface area (Å²) < 4.78 is 0. The van der Waals surface area contributed by atoms with Crippen molar-refractivity contribution in [3.8, 4) is 0 Å². The molecule has 2 bridgehead atoms. The number of aryl methyl sites for hydroxylation is 1. The van der Waals surface area contributed by atoms with Crippen LogP contribution in [-0.4, -0.2) is 47.2 Å². The first-order valence-electron chi connectivity index (χ1n) is 8.29. The van der Waals surface area contributed by atoms with Crippen molar-refractivity contribution >= 4 is 5.82 Å². The van der Waals surface area contributed by atoms with Crippen molar-refractivity contribution in [2.24, 2.45) is 0 Å². The van der Waals surface area contributed by atoms with E-state index < -0.39 is 0 Å². The van der Waals surface area contributed by atoms with E-state index in [4.69, 9.17) is 4.98 Å². The summed E-state index contributed by atoms with van der Waals surface area (Å²) >= 11 is 0. The fourth-order valence-electron chi connectivity index (χ4n) is 3.79. The Bertz CT molecular complexity index is 491. The lowest BCUT2D eigenvalue weighted by Crippen LogP contribution is -2.37. The average molecular weight is 289 g/mol. The molecule has 2 saturated heterocycles. The van der Waals surface area contributed by atoms with Gasteiger partial charge in [-0.1, -0.05) is 13.3 Å². The zero-order valence-electron chi connectivity index (χ0n) is 13.3. The normalized spacial score (nSPS) is 26.1. The van der Waals surface area contributed by atoms with Crippen molar-refractivity contribution in [2.45, 2.75) is 57.7 Å². The molecule has 2 unspecified atom stereocenters. The van der Waals surface area contributed by atoms with Crippen molar-refractivity contribution in [3.63, 3.8) is 0 Å². The fourth-order valence-corrected chi connectivity index (χ4v) is 3.79. The number of hydrogen-bond acceptors (Lipinski definition) is 4. The monoisotopic (exact) mass is 289 g/mol. The summed E-state index contributed by atoms with van der Waals surface area (Å²) in [5.41, 5.74) is 2.10. The van der Waals surface area contributed by atoms with Crippen LogP contribution in [0.25, 0.3) is 0 Å². The van der Waals surface area contributed by atoms with Crippen molar-refractivity contribution in [1.29, 1.82) is 0 Å². The average Bonchev–Trinajstić information content (AvgIpc) is 2.72. The quantitative estimate of drug-likeness (QED) is 0.922. The number of aliphatic hydroxyl groups is 1. The smallest absolute Gasteiger partial charge is 0.129 e. The highest BCUT2D eigenvalue weighted by molar-refractivity contribution is 5.43. The number of aromatic nitrogens is 1. The van der Waals surface area contributed by atoms with Crippen LogP contribution >= 0.6 is 0 Å². The van der Waals surface area contributed by atoms with Crippen LogP contribution in [0.4, 0.5) is 5.82 Å². The van der Waals surface area contributed by atoms with Crippen LogP contribution in [0.5, 0.6) is 0 Å². The van der Waals surface area contributed by atoms with Gasteiger partial charge < -0.3 is 10.0 Å². The summed E-state index contributed by atoms with van der Waals surface area (Å²) in [5, 5.41) is 9.50. The molecule has 1 N–H and O–H groups in total. The molecule has 0 amide bonds. The predicted molar refractivity (Wildman–Crippen MR) is 85.6 cm³/mol. The molecule has 0 aromatic carbocycles. The number of aliphatic hydroxyl groups excluding tert-OH is 1. The maximum absolute atomic E-state index is 9.50. The first-order chi connectivity index (χ1) is 10.2. The molecular formula is C17H27N3O. The Hall–Kier alpha value is -1.13. The Labute approximate surface area is 127 Å². The molecule has 0 radical (unpaired) electrons. The van der Waals surface area contributed by atoms with Gasteiger partial charge in [0, 0.05) is 30.9 Å². The van der Waals surface area contributed by atoms with Crippen LogP contribution in [0, 0.1) is 0 Å². The molecule has 21 heavy (non-hydrogen) atoms. The molecule has 116 valence electrons. The fraction of sp³-hybridized carbons (Fsp3) is 0.706. The minimum atomic E-state index is 0.103. The number of rotatable bonds is 4. The second kappa shape index (κ2) is 6.32. The van der Waals surface area contributed by atoms with Gasteiger partial charge in [0.05, 0.1) is 6.61 Å². The van der Waals surface area contributed by atoms with E-state index in [1.807, 2.05) is 6.07 Å². The number of anilines is 1. The molecule has 0 saturated carbocycles. The highest BCUT2D eigenvalue weighted by Crippen LogP contribution is 2.30. The van der Waals surface area contributed by atoms with Gasteiger partial charge in [-0.05, 0) is 50.4 Å². The largest absolute Gasteiger partial charge is 0.392 e. The summed E-state index contributed by atoms with van der Waals surface area (Å²) in [6.07, 6.45) is 5.95. The lowest BCUT2D eigenvalue weighted by molar-refractivity contribution is 0.254. The van der Waals surface area contributed by atoms with Gasteiger partial charge in [0.1, 0.15) is 5.82 Å². The Kier molecular flexibility index (Phi) is 4.45. The van der Waals surface area contributed by atoms with Crippen LogP contribution < -0.4 is 4.90 Å². The molecule has 2 atom stereocenters. The molecule has 2 aliphatic rings. The predicted octanol–water partition coefficient (Wildman–Crippen LogP) is 2.20. The van der Waals surface area contributed by atoms with Crippen LogP contribution in [-0.2, 0) is 13.0 Å². The van der Waals surface area contributed by atoms with E-state index in [1.165, 1.54) is 19.3 Å². The number of likely N-dealkylation sites (N-methyl/N-ethyl adjacent to an activating group) is 1. The zero-order valence-corrected chi connectivity index (χ0v) is 13.3. The molecule has 3 heterocycles. The maximum atomic E-state index is 9.50. The van der Waals surface area contributed by atoms with Gasteiger partial charge in [-0.15, -0.1) is 0 Å². The minimum absolute atomic E-state index is 0.103. The molecular weight excluding hydrogens is 262 g/mol. The molecule has 3 rings (SSSR count). The van der Waals surface area contributed by atoms with Gasteiger partial charge in [0.2, 0.25) is 0 Å². The number of pyridine rings is 1. The van der Waals surface area contributed by atoms with E-state index in [1.54, 1.807) is 0 Å². The standard InChI is InChI=1S/C17H27N3O/c1-3-4-14-9-13(12-21)10-17(18-14)20-8-7-15-5-6-16(11-20)19(15)2/h9-10,15-16,21H,3-8,11-12H2,1-2H3. The first kappa shape index (κ1) is 14.8. The number of nitrogens with zero attached hydrogens (tertiary/aromatic N) is 3. The Balaban J connectivity index is 1.83. The molecule has 1 aromatic rings. The summed E-state index contributed by atoms with van der Waals surface area (Å²) in [5.74, 6) is 1.06. The van der Waals surface area contributed by atoms with Crippen LogP contribution in [0.2, 0.25) is 0 Å². The lowest BCUT2D eigenvalue weighted by atomic mass is 10.1. The first-order valence-corrected chi connectivity index (χ1v) is 8.29. The van der Waals surface area contributed by atoms with Crippen LogP contribution in [0.15, 0.2) is 12.1 Å². The third-order valence-corrected chi connectivity index (χ3v) is 5.09. The summed E-state index contributed by atoms with van der Waals surface area (Å²) in [7, 11) is 2.27. The van der Waals surface area contributed by atoms with Gasteiger partial charge in [0.25, 0.3) is 0 Å². The second-order valence-corrected chi connectivity index (χ2v) is 6.52. The van der Waals surface area contributed by atoms with E-state index in [-0.39, 0.29) is 6.61 Å². The van der Waals surface area contributed by atoms with Gasteiger partial charge >= 0.3 is 0 Å². The third kappa shape index (κ3) is 3.06. The van der Waals surface area contributed by atoms with Crippen molar-refractivity contribution < 1.29 is 5.11 Å². The topological polar surface area (TPSA) is 39.6 Å².